The van der Waals surface area contributed by atoms with Crippen LogP contribution in [0.3, 0.4) is 0 Å². The maximum Gasteiger partial charge on any atom is 0.310 e. The van der Waals surface area contributed by atoms with Gasteiger partial charge in [-0.15, -0.1) is 0 Å². The van der Waals surface area contributed by atoms with Gasteiger partial charge in [0.25, 0.3) is 0 Å². The smallest absolute Gasteiger partial charge is 0.310 e. The number of carboxylic acid groups (broad SMARTS) is 1. The van der Waals surface area contributed by atoms with Gasteiger partial charge in [0.05, 0.1) is 30.1 Å². The van der Waals surface area contributed by atoms with Crippen molar-refractivity contribution in [2.24, 2.45) is 23.2 Å². The fraction of sp³-hybridized carbons (Fsp3) is 0.576. The van der Waals surface area contributed by atoms with Gasteiger partial charge in [0.2, 0.25) is 11.8 Å². The van der Waals surface area contributed by atoms with E-state index in [9.17, 15) is 19.5 Å². The third kappa shape index (κ3) is 5.45. The van der Waals surface area contributed by atoms with Crippen LogP contribution in [0.1, 0.15) is 64.9 Å². The highest BCUT2D eigenvalue weighted by Crippen LogP contribution is 2.57. The van der Waals surface area contributed by atoms with Gasteiger partial charge in [-0.3, -0.25) is 14.4 Å². The summed E-state index contributed by atoms with van der Waals surface area (Å²) in [6.07, 6.45) is 8.15. The number of Topliss-reactive ketones (excluding diaryl/α,β-unsaturated/α-hetero) is 1. The van der Waals surface area contributed by atoms with Crippen LogP contribution in [0.5, 0.6) is 17.4 Å². The van der Waals surface area contributed by atoms with E-state index in [1.807, 2.05) is 31.2 Å². The minimum Gasteiger partial charge on any atom is -0.493 e. The zero-order chi connectivity index (χ0) is 28.7. The molecule has 2 saturated carbocycles. The highest BCUT2D eigenvalue weighted by atomic mass is 16.5. The van der Waals surface area contributed by atoms with Crippen molar-refractivity contribution in [1.82, 2.24) is 9.88 Å². The SMILES string of the molecule is C.CCOc1cc(O[C@@H]2C[C@H]3C(=O)C[C@]4(C(=O)O)C[C@H]4/C=C\CCCCN(C)C(=O)[C@@H]3C2)c2ccc3c(c2n1)CCO3. The van der Waals surface area contributed by atoms with Crippen molar-refractivity contribution in [1.29, 1.82) is 0 Å². The number of nitrogens with zero attached hydrogens (tertiary/aromatic N) is 2. The number of hydrogen-bond donors (Lipinski definition) is 1. The van der Waals surface area contributed by atoms with Crippen molar-refractivity contribution in [2.75, 3.05) is 26.8 Å². The van der Waals surface area contributed by atoms with E-state index in [1.54, 1.807) is 18.0 Å². The number of pyridine rings is 1. The molecule has 0 radical (unpaired) electrons. The van der Waals surface area contributed by atoms with E-state index in [0.717, 1.165) is 47.9 Å². The summed E-state index contributed by atoms with van der Waals surface area (Å²) in [6, 6.07) is 5.65. The molecule has 0 unspecified atom stereocenters. The first-order valence-corrected chi connectivity index (χ1v) is 14.9. The monoisotopic (exact) mass is 578 g/mol. The minimum atomic E-state index is -1.06. The molecule has 1 aromatic carbocycles. The van der Waals surface area contributed by atoms with Crippen LogP contribution in [-0.4, -0.2) is 65.6 Å². The van der Waals surface area contributed by atoms with Gasteiger partial charge in [0.1, 0.15) is 23.4 Å². The second-order valence-corrected chi connectivity index (χ2v) is 12.0. The lowest BCUT2D eigenvalue weighted by molar-refractivity contribution is -0.147. The number of aromatic nitrogens is 1. The molecule has 2 aliphatic heterocycles. The average Bonchev–Trinajstić information content (AvgIpc) is 3.26. The Morgan fingerprint density at radius 2 is 2.02 bits per heavy atom. The van der Waals surface area contributed by atoms with Gasteiger partial charge in [-0.05, 0) is 63.5 Å². The van der Waals surface area contributed by atoms with Crippen LogP contribution in [0.15, 0.2) is 30.4 Å². The van der Waals surface area contributed by atoms with Crippen LogP contribution in [0, 0.1) is 23.2 Å². The summed E-state index contributed by atoms with van der Waals surface area (Å²) in [7, 11) is 1.79. The van der Waals surface area contributed by atoms with Crippen LogP contribution in [0.2, 0.25) is 0 Å². The first-order valence-electron chi connectivity index (χ1n) is 14.9. The second-order valence-electron chi connectivity index (χ2n) is 12.0. The fourth-order valence-electron chi connectivity index (χ4n) is 6.95. The number of amides is 1. The van der Waals surface area contributed by atoms with E-state index in [2.05, 4.69) is 0 Å². The number of benzene rings is 1. The molecule has 2 aliphatic carbocycles. The van der Waals surface area contributed by atoms with Crippen LogP contribution in [-0.2, 0) is 20.8 Å². The lowest BCUT2D eigenvalue weighted by atomic mass is 9.84. The molecule has 4 aliphatic rings. The predicted molar refractivity (Wildman–Crippen MR) is 158 cm³/mol. The molecule has 42 heavy (non-hydrogen) atoms. The molecule has 6 rings (SSSR count). The lowest BCUT2D eigenvalue weighted by Gasteiger charge is -2.25. The molecule has 5 atom stereocenters. The molecule has 226 valence electrons. The molecule has 1 aromatic heterocycles. The standard InChI is InChI=1S/C32H38N2O7.CH4/c1-3-39-28-16-27(21-9-10-26-22(11-13-40-26)29(21)33-28)41-20-14-23-24(15-20)30(36)34(2)12-7-5-4-6-8-19-17-32(19,31(37)38)18-25(23)35;/h6,8-10,16,19-20,23-24H,3-5,7,11-15,17-18H2,1-2H3,(H,37,38);1H4/b8-6-;/t19-,20-,23-,24-,32-;/m1./s1. The van der Waals surface area contributed by atoms with Crippen molar-refractivity contribution in [3.8, 4) is 17.4 Å². The molecular weight excluding hydrogens is 536 g/mol. The molecule has 1 N–H and O–H groups in total. The minimum absolute atomic E-state index is 0. The number of carbonyl (C=O) groups excluding carboxylic acids is 2. The third-order valence-electron chi connectivity index (χ3n) is 9.34. The zero-order valence-corrected chi connectivity index (χ0v) is 23.8. The van der Waals surface area contributed by atoms with Gasteiger partial charge < -0.3 is 24.2 Å². The van der Waals surface area contributed by atoms with Crippen LogP contribution >= 0.6 is 0 Å². The van der Waals surface area contributed by atoms with Crippen LogP contribution < -0.4 is 14.2 Å². The summed E-state index contributed by atoms with van der Waals surface area (Å²) in [5.41, 5.74) is 0.736. The van der Waals surface area contributed by atoms with Crippen molar-refractivity contribution in [2.45, 2.75) is 71.8 Å². The summed E-state index contributed by atoms with van der Waals surface area (Å²) in [4.78, 5) is 46.2. The Labute approximate surface area is 247 Å². The number of allylic oxidation sites excluding steroid dienone is 2. The molecule has 9 nitrogen and oxygen atoms in total. The van der Waals surface area contributed by atoms with Gasteiger partial charge in [-0.1, -0.05) is 19.6 Å². The Hall–Kier alpha value is -3.62. The summed E-state index contributed by atoms with van der Waals surface area (Å²) >= 11 is 0. The van der Waals surface area contributed by atoms with E-state index in [1.165, 1.54) is 0 Å². The molecule has 1 amide bonds. The summed E-state index contributed by atoms with van der Waals surface area (Å²) in [5.74, 6) is -0.543. The largest absolute Gasteiger partial charge is 0.493 e. The van der Waals surface area contributed by atoms with Gasteiger partial charge in [-0.25, -0.2) is 4.98 Å². The van der Waals surface area contributed by atoms with E-state index in [0.29, 0.717) is 50.7 Å². The highest BCUT2D eigenvalue weighted by Gasteiger charge is 2.61. The molecule has 9 heteroatoms. The first kappa shape index (κ1) is 29.9. The number of aliphatic carboxylic acids is 1. The van der Waals surface area contributed by atoms with Crippen molar-refractivity contribution in [3.05, 3.63) is 35.9 Å². The van der Waals surface area contributed by atoms with Crippen LogP contribution in [0.4, 0.5) is 0 Å². The maximum absolute atomic E-state index is 13.8. The van der Waals surface area contributed by atoms with Gasteiger partial charge >= 0.3 is 5.97 Å². The molecule has 0 spiro atoms. The molecule has 3 heterocycles. The van der Waals surface area contributed by atoms with Gasteiger partial charge in [0, 0.05) is 49.4 Å². The Morgan fingerprint density at radius 3 is 2.81 bits per heavy atom. The van der Waals surface area contributed by atoms with E-state index >= 15 is 0 Å². The molecular formula is C33H42N2O7. The molecule has 2 aromatic rings. The van der Waals surface area contributed by atoms with E-state index < -0.39 is 23.2 Å². The molecule has 0 bridgehead atoms. The highest BCUT2D eigenvalue weighted by molar-refractivity contribution is 5.94. The number of rotatable bonds is 5. The predicted octanol–water partition coefficient (Wildman–Crippen LogP) is 5.23. The normalized spacial score (nSPS) is 29.8. The summed E-state index contributed by atoms with van der Waals surface area (Å²) in [5, 5.41) is 10.9. The van der Waals surface area contributed by atoms with Crippen molar-refractivity contribution >= 4 is 28.6 Å². The number of ketones is 1. The summed E-state index contributed by atoms with van der Waals surface area (Å²) < 4.78 is 18.1. The van der Waals surface area contributed by atoms with Gasteiger partial charge in [-0.2, -0.15) is 0 Å². The summed E-state index contributed by atoms with van der Waals surface area (Å²) in [6.45, 7) is 3.57. The number of carbonyl (C=O) groups is 3. The lowest BCUT2D eigenvalue weighted by Crippen LogP contribution is -2.38. The quantitative estimate of drug-likeness (QED) is 0.480. The number of fused-ring (bicyclic) bond motifs is 5. The topological polar surface area (TPSA) is 115 Å². The number of ether oxygens (including phenoxy) is 3. The van der Waals surface area contributed by atoms with E-state index in [4.69, 9.17) is 19.2 Å². The average molecular weight is 579 g/mol. The van der Waals surface area contributed by atoms with Gasteiger partial charge in [0.15, 0.2) is 0 Å². The Morgan fingerprint density at radius 1 is 1.21 bits per heavy atom. The fourth-order valence-corrected chi connectivity index (χ4v) is 6.95. The van der Waals surface area contributed by atoms with E-state index in [-0.39, 0.29) is 37.6 Å². The molecule has 0 saturated heterocycles. The van der Waals surface area contributed by atoms with Crippen LogP contribution in [0.25, 0.3) is 10.9 Å². The molecule has 2 fully saturated rings. The Kier molecular flexibility index (Phi) is 8.49. The number of carboxylic acids is 1. The van der Waals surface area contributed by atoms with Crippen molar-refractivity contribution in [3.63, 3.8) is 0 Å². The zero-order valence-electron chi connectivity index (χ0n) is 23.8. The van der Waals surface area contributed by atoms with Crippen molar-refractivity contribution < 1.29 is 33.7 Å². The number of hydrogen-bond acceptors (Lipinski definition) is 7. The maximum atomic E-state index is 13.8. The first-order chi connectivity index (χ1) is 19.8. The third-order valence-corrected chi connectivity index (χ3v) is 9.34. The second kappa shape index (κ2) is 11.9. The Balaban J connectivity index is 0.00000353. The Bertz CT molecular complexity index is 1400.